The summed E-state index contributed by atoms with van der Waals surface area (Å²) in [6.45, 7) is 5.14. The van der Waals surface area contributed by atoms with Gasteiger partial charge in [0.1, 0.15) is 0 Å². The molecule has 1 aromatic heterocycles. The molecule has 0 radical (unpaired) electrons. The molecule has 1 aliphatic carbocycles. The molecule has 1 amide bonds. The van der Waals surface area contributed by atoms with E-state index in [0.717, 1.165) is 12.8 Å². The highest BCUT2D eigenvalue weighted by Crippen LogP contribution is 2.29. The molecule has 0 atom stereocenters. The first-order valence-corrected chi connectivity index (χ1v) is 9.67. The highest BCUT2D eigenvalue weighted by Gasteiger charge is 2.20. The van der Waals surface area contributed by atoms with Crippen molar-refractivity contribution >= 4 is 5.91 Å². The van der Waals surface area contributed by atoms with Crippen LogP contribution in [-0.4, -0.2) is 39.3 Å². The van der Waals surface area contributed by atoms with Gasteiger partial charge in [0.05, 0.1) is 25.8 Å². The van der Waals surface area contributed by atoms with Crippen molar-refractivity contribution < 1.29 is 14.3 Å². The van der Waals surface area contributed by atoms with Crippen LogP contribution < -0.4 is 14.8 Å². The van der Waals surface area contributed by atoms with Crippen LogP contribution >= 0.6 is 0 Å². The molecule has 1 heterocycles. The van der Waals surface area contributed by atoms with E-state index in [-0.39, 0.29) is 5.91 Å². The molecule has 0 spiro atoms. The van der Waals surface area contributed by atoms with E-state index in [2.05, 4.69) is 20.8 Å². The molecule has 2 aromatic rings. The number of carbonyl (C=O) groups is 1. The quantitative estimate of drug-likeness (QED) is 0.765. The first kappa shape index (κ1) is 19.1. The Bertz CT molecular complexity index is 756. The lowest BCUT2D eigenvalue weighted by molar-refractivity contribution is 0.0948. The molecule has 1 N–H and O–H groups in total. The lowest BCUT2D eigenvalue weighted by Crippen LogP contribution is -2.26. The fourth-order valence-corrected chi connectivity index (χ4v) is 3.39. The third-order valence-electron chi connectivity index (χ3n) is 4.69. The van der Waals surface area contributed by atoms with Gasteiger partial charge in [-0.2, -0.15) is 0 Å². The molecule has 1 saturated carbocycles. The van der Waals surface area contributed by atoms with Crippen molar-refractivity contribution in [1.82, 2.24) is 25.5 Å². The Kier molecular flexibility index (Phi) is 6.62. The Morgan fingerprint density at radius 1 is 1.15 bits per heavy atom. The minimum atomic E-state index is -0.197. The van der Waals surface area contributed by atoms with E-state index in [1.165, 1.54) is 19.3 Å². The smallest absolute Gasteiger partial charge is 0.251 e. The summed E-state index contributed by atoms with van der Waals surface area (Å²) in [7, 11) is 0. The van der Waals surface area contributed by atoms with E-state index < -0.39 is 0 Å². The maximum absolute atomic E-state index is 12.6. The number of hydrogen-bond acceptors (Lipinski definition) is 6. The van der Waals surface area contributed by atoms with Gasteiger partial charge in [-0.15, -0.1) is 5.10 Å². The molecule has 1 aromatic carbocycles. The second kappa shape index (κ2) is 9.34. The Balaban J connectivity index is 1.66. The number of nitrogens with one attached hydrogen (secondary N) is 1. The van der Waals surface area contributed by atoms with Gasteiger partial charge in [-0.25, -0.2) is 4.68 Å². The molecular formula is C19H27N5O3. The zero-order valence-electron chi connectivity index (χ0n) is 16.0. The summed E-state index contributed by atoms with van der Waals surface area (Å²) < 4.78 is 13.0. The van der Waals surface area contributed by atoms with Crippen LogP contribution in [0.15, 0.2) is 18.2 Å². The average Bonchev–Trinajstić information content (AvgIpc) is 3.17. The number of ether oxygens (including phenoxy) is 2. The van der Waals surface area contributed by atoms with Gasteiger partial charge in [0.25, 0.3) is 5.91 Å². The number of carbonyl (C=O) groups excluding carboxylic acids is 1. The predicted octanol–water partition coefficient (Wildman–Crippen LogP) is 2.91. The van der Waals surface area contributed by atoms with Gasteiger partial charge >= 0.3 is 0 Å². The molecule has 0 saturated heterocycles. The Hall–Kier alpha value is -2.64. The molecule has 8 nitrogen and oxygen atoms in total. The summed E-state index contributed by atoms with van der Waals surface area (Å²) in [5.41, 5.74) is 0.513. The monoisotopic (exact) mass is 373 g/mol. The van der Waals surface area contributed by atoms with Crippen molar-refractivity contribution in [2.75, 3.05) is 13.2 Å². The van der Waals surface area contributed by atoms with Crippen LogP contribution in [0.1, 0.15) is 68.2 Å². The lowest BCUT2D eigenvalue weighted by atomic mass is 9.95. The fraction of sp³-hybridized carbons (Fsp3) is 0.579. The first-order chi connectivity index (χ1) is 13.2. The summed E-state index contributed by atoms with van der Waals surface area (Å²) in [5, 5.41) is 14.9. The summed E-state index contributed by atoms with van der Waals surface area (Å²) >= 11 is 0. The van der Waals surface area contributed by atoms with Gasteiger partial charge in [0.15, 0.2) is 17.3 Å². The number of tetrazole rings is 1. The molecule has 3 rings (SSSR count). The summed E-state index contributed by atoms with van der Waals surface area (Å²) in [4.78, 5) is 12.6. The molecule has 0 unspecified atom stereocenters. The van der Waals surface area contributed by atoms with E-state index in [4.69, 9.17) is 9.47 Å². The summed E-state index contributed by atoms with van der Waals surface area (Å²) in [6.07, 6.45) is 5.83. The third-order valence-corrected chi connectivity index (χ3v) is 4.69. The minimum absolute atomic E-state index is 0.197. The van der Waals surface area contributed by atoms with Crippen molar-refractivity contribution in [3.8, 4) is 11.5 Å². The highest BCUT2D eigenvalue weighted by atomic mass is 16.5. The topological polar surface area (TPSA) is 91.2 Å². The molecule has 0 aliphatic heterocycles. The Morgan fingerprint density at radius 2 is 1.89 bits per heavy atom. The molecule has 0 bridgehead atoms. The van der Waals surface area contributed by atoms with Crippen LogP contribution in [0.2, 0.25) is 0 Å². The van der Waals surface area contributed by atoms with Gasteiger partial charge in [-0.05, 0) is 55.3 Å². The number of nitrogens with zero attached hydrogens (tertiary/aromatic N) is 4. The van der Waals surface area contributed by atoms with E-state index >= 15 is 0 Å². The number of hydrogen-bond donors (Lipinski definition) is 1. The maximum atomic E-state index is 12.6. The van der Waals surface area contributed by atoms with Gasteiger partial charge in [0.2, 0.25) is 0 Å². The first-order valence-electron chi connectivity index (χ1n) is 9.67. The van der Waals surface area contributed by atoms with Crippen LogP contribution in [0.5, 0.6) is 11.5 Å². The normalized spacial score (nSPS) is 14.7. The third kappa shape index (κ3) is 4.75. The van der Waals surface area contributed by atoms with E-state index in [0.29, 0.717) is 48.7 Å². The van der Waals surface area contributed by atoms with Gasteiger partial charge in [0, 0.05) is 5.56 Å². The average molecular weight is 373 g/mol. The van der Waals surface area contributed by atoms with Gasteiger partial charge in [-0.1, -0.05) is 19.3 Å². The maximum Gasteiger partial charge on any atom is 0.251 e. The van der Waals surface area contributed by atoms with Crippen molar-refractivity contribution in [3.05, 3.63) is 29.6 Å². The SMILES string of the molecule is CCOc1ccc(C(=O)NCc2nnnn2C2CCCCC2)cc1OCC. The van der Waals surface area contributed by atoms with Gasteiger partial charge in [-0.3, -0.25) is 4.79 Å². The van der Waals surface area contributed by atoms with Crippen LogP contribution in [0.25, 0.3) is 0 Å². The van der Waals surface area contributed by atoms with Crippen molar-refractivity contribution in [2.45, 2.75) is 58.5 Å². The van der Waals surface area contributed by atoms with Crippen LogP contribution in [0.3, 0.4) is 0 Å². The lowest BCUT2D eigenvalue weighted by Gasteiger charge is -2.22. The largest absolute Gasteiger partial charge is 0.490 e. The summed E-state index contributed by atoms with van der Waals surface area (Å²) in [6, 6.07) is 5.52. The second-order valence-electron chi connectivity index (χ2n) is 6.54. The molecule has 8 heteroatoms. The van der Waals surface area contributed by atoms with Crippen molar-refractivity contribution in [1.29, 1.82) is 0 Å². The molecule has 146 valence electrons. The van der Waals surface area contributed by atoms with E-state index in [9.17, 15) is 4.79 Å². The molecule has 27 heavy (non-hydrogen) atoms. The number of rotatable bonds is 8. The fourth-order valence-electron chi connectivity index (χ4n) is 3.39. The van der Waals surface area contributed by atoms with Crippen molar-refractivity contribution in [3.63, 3.8) is 0 Å². The van der Waals surface area contributed by atoms with Crippen LogP contribution in [-0.2, 0) is 6.54 Å². The Morgan fingerprint density at radius 3 is 2.63 bits per heavy atom. The number of benzene rings is 1. The van der Waals surface area contributed by atoms with Crippen LogP contribution in [0, 0.1) is 0 Å². The Labute approximate surface area is 159 Å². The van der Waals surface area contributed by atoms with E-state index in [1.807, 2.05) is 18.5 Å². The zero-order valence-corrected chi connectivity index (χ0v) is 16.0. The summed E-state index contributed by atoms with van der Waals surface area (Å²) in [5.74, 6) is 1.69. The van der Waals surface area contributed by atoms with Gasteiger partial charge < -0.3 is 14.8 Å². The minimum Gasteiger partial charge on any atom is -0.490 e. The van der Waals surface area contributed by atoms with Crippen molar-refractivity contribution in [2.24, 2.45) is 0 Å². The van der Waals surface area contributed by atoms with E-state index in [1.54, 1.807) is 18.2 Å². The molecule has 1 aliphatic rings. The van der Waals surface area contributed by atoms with Crippen LogP contribution in [0.4, 0.5) is 0 Å². The number of aromatic nitrogens is 4. The standard InChI is InChI=1S/C19H27N5O3/c1-3-26-16-11-10-14(12-17(16)27-4-2)19(25)20-13-18-21-22-23-24(18)15-8-6-5-7-9-15/h10-12,15H,3-9,13H2,1-2H3,(H,20,25). The second-order valence-corrected chi connectivity index (χ2v) is 6.54. The molecular weight excluding hydrogens is 346 g/mol. The zero-order chi connectivity index (χ0) is 19.1. The predicted molar refractivity (Wildman–Crippen MR) is 99.9 cm³/mol. The highest BCUT2D eigenvalue weighted by molar-refractivity contribution is 5.94. The molecule has 1 fully saturated rings. The number of amides is 1.